The van der Waals surface area contributed by atoms with Crippen molar-refractivity contribution in [3.05, 3.63) is 24.3 Å². The van der Waals surface area contributed by atoms with E-state index in [1.54, 1.807) is 10.7 Å². The maximum atomic E-state index is 9.36. The minimum absolute atomic E-state index is 0.0113. The Balaban J connectivity index is 1.90. The van der Waals surface area contributed by atoms with Crippen molar-refractivity contribution in [2.45, 2.75) is 25.6 Å². The lowest BCUT2D eigenvalue weighted by Gasteiger charge is -2.14. The summed E-state index contributed by atoms with van der Waals surface area (Å²) in [7, 11) is 0. The average Bonchev–Trinajstić information content (AvgIpc) is 3.25. The molecule has 1 fully saturated rings. The van der Waals surface area contributed by atoms with Crippen LogP contribution < -0.4 is 5.73 Å². The summed E-state index contributed by atoms with van der Waals surface area (Å²) in [4.78, 5) is 4.07. The highest BCUT2D eigenvalue weighted by Gasteiger charge is 2.35. The highest BCUT2D eigenvalue weighted by atomic mass is 16.5. The Morgan fingerprint density at radius 3 is 3.09 bits per heavy atom. The van der Waals surface area contributed by atoms with Crippen LogP contribution in [-0.2, 0) is 4.74 Å². The number of rotatable bonds is 3. The van der Waals surface area contributed by atoms with Gasteiger partial charge in [-0.3, -0.25) is 0 Å². The van der Waals surface area contributed by atoms with Gasteiger partial charge in [-0.2, -0.15) is 20.5 Å². The van der Waals surface area contributed by atoms with E-state index in [2.05, 4.69) is 32.4 Å². The zero-order chi connectivity index (χ0) is 16.0. The molecule has 4 heterocycles. The van der Waals surface area contributed by atoms with E-state index in [-0.39, 0.29) is 24.7 Å². The second-order valence-electron chi connectivity index (χ2n) is 5.82. The van der Waals surface area contributed by atoms with Gasteiger partial charge < -0.3 is 15.6 Å². The highest BCUT2D eigenvalue weighted by Crippen LogP contribution is 2.41. The van der Waals surface area contributed by atoms with Gasteiger partial charge in [0.05, 0.1) is 24.6 Å². The molecule has 9 nitrogen and oxygen atoms in total. The number of nitrogens with zero attached hydrogens (tertiary/aromatic N) is 5. The molecule has 1 aliphatic rings. The molecule has 120 valence electrons. The smallest absolute Gasteiger partial charge is 0.152 e. The van der Waals surface area contributed by atoms with Gasteiger partial charge in [-0.25, -0.2) is 9.50 Å². The van der Waals surface area contributed by atoms with E-state index in [1.807, 2.05) is 6.07 Å². The molecule has 0 saturated carbocycles. The van der Waals surface area contributed by atoms with Gasteiger partial charge in [0.15, 0.2) is 5.82 Å². The van der Waals surface area contributed by atoms with E-state index in [9.17, 15) is 5.11 Å². The van der Waals surface area contributed by atoms with Crippen LogP contribution in [0.5, 0.6) is 0 Å². The van der Waals surface area contributed by atoms with Crippen LogP contribution >= 0.6 is 0 Å². The molecule has 1 aliphatic heterocycles. The Hall–Kier alpha value is -2.52. The third-order valence-corrected chi connectivity index (χ3v) is 4.29. The van der Waals surface area contributed by atoms with Gasteiger partial charge in [0, 0.05) is 5.56 Å². The quantitative estimate of drug-likeness (QED) is 0.644. The van der Waals surface area contributed by atoms with Crippen molar-refractivity contribution < 1.29 is 9.84 Å². The Labute approximate surface area is 131 Å². The third-order valence-electron chi connectivity index (χ3n) is 4.29. The van der Waals surface area contributed by atoms with Crippen LogP contribution in [-0.4, -0.2) is 47.8 Å². The highest BCUT2D eigenvalue weighted by molar-refractivity contribution is 5.86. The topological polar surface area (TPSA) is 127 Å². The first-order valence-corrected chi connectivity index (χ1v) is 7.43. The van der Waals surface area contributed by atoms with Gasteiger partial charge in [-0.05, 0) is 18.4 Å². The molecule has 0 bridgehead atoms. The summed E-state index contributed by atoms with van der Waals surface area (Å²) in [5, 5.41) is 24.3. The van der Waals surface area contributed by atoms with Crippen LogP contribution in [0.25, 0.3) is 16.8 Å². The number of aromatic amines is 1. The second-order valence-corrected chi connectivity index (χ2v) is 5.82. The maximum absolute atomic E-state index is 9.36. The lowest BCUT2D eigenvalue weighted by molar-refractivity contribution is 0.00257. The molecular formula is C14H17N7O2. The van der Waals surface area contributed by atoms with Gasteiger partial charge in [0.2, 0.25) is 0 Å². The molecule has 3 aromatic heterocycles. The number of nitrogen functional groups attached to an aromatic ring is 1. The first kappa shape index (κ1) is 14.1. The number of nitrogens with one attached hydrogen (secondary N) is 1. The van der Waals surface area contributed by atoms with Crippen LogP contribution in [0, 0.1) is 5.92 Å². The van der Waals surface area contributed by atoms with Crippen LogP contribution in [0.3, 0.4) is 0 Å². The fraction of sp³-hybridized carbons (Fsp3) is 0.429. The summed E-state index contributed by atoms with van der Waals surface area (Å²) in [5.74, 6) is 0.625. The summed E-state index contributed by atoms with van der Waals surface area (Å²) >= 11 is 0. The monoisotopic (exact) mass is 315 g/mol. The summed E-state index contributed by atoms with van der Waals surface area (Å²) in [6, 6.07) is 1.96. The van der Waals surface area contributed by atoms with E-state index in [0.29, 0.717) is 17.0 Å². The molecule has 3 unspecified atom stereocenters. The molecule has 0 spiro atoms. The molecule has 4 N–H and O–H groups in total. The van der Waals surface area contributed by atoms with Gasteiger partial charge in [0.1, 0.15) is 23.6 Å². The van der Waals surface area contributed by atoms with Crippen molar-refractivity contribution in [2.75, 3.05) is 12.3 Å². The lowest BCUT2D eigenvalue weighted by Crippen LogP contribution is -2.12. The first-order chi connectivity index (χ1) is 11.2. The largest absolute Gasteiger partial charge is 0.394 e. The van der Waals surface area contributed by atoms with Crippen molar-refractivity contribution in [1.82, 2.24) is 30.0 Å². The number of aliphatic hydroxyl groups is 1. The molecule has 4 rings (SSSR count). The van der Waals surface area contributed by atoms with Crippen LogP contribution in [0.1, 0.15) is 25.1 Å². The molecule has 1 saturated heterocycles. The minimum atomic E-state index is -0.172. The van der Waals surface area contributed by atoms with Crippen molar-refractivity contribution in [3.8, 4) is 11.3 Å². The Morgan fingerprint density at radius 2 is 2.39 bits per heavy atom. The Kier molecular flexibility index (Phi) is 3.24. The number of hydrogen-bond donors (Lipinski definition) is 3. The Bertz CT molecular complexity index is 829. The number of hydrogen-bond acceptors (Lipinski definition) is 7. The third kappa shape index (κ3) is 2.16. The van der Waals surface area contributed by atoms with Gasteiger partial charge >= 0.3 is 0 Å². The van der Waals surface area contributed by atoms with Crippen LogP contribution in [0.4, 0.5) is 5.82 Å². The number of aliphatic hydroxyl groups excluding tert-OH is 1. The molecule has 0 aliphatic carbocycles. The number of aromatic nitrogens is 6. The maximum Gasteiger partial charge on any atom is 0.152 e. The second kappa shape index (κ2) is 5.28. The van der Waals surface area contributed by atoms with Gasteiger partial charge in [0.25, 0.3) is 0 Å². The van der Waals surface area contributed by atoms with Crippen molar-refractivity contribution in [3.63, 3.8) is 0 Å². The molecule has 0 aromatic carbocycles. The number of nitrogens with two attached hydrogens (primary N) is 1. The lowest BCUT2D eigenvalue weighted by atomic mass is 9.99. The van der Waals surface area contributed by atoms with Crippen molar-refractivity contribution in [1.29, 1.82) is 0 Å². The number of H-pyrrole nitrogens is 1. The summed E-state index contributed by atoms with van der Waals surface area (Å²) in [6.07, 6.45) is 3.52. The van der Waals surface area contributed by atoms with E-state index in [4.69, 9.17) is 10.5 Å². The molecule has 0 radical (unpaired) electrons. The SMILES string of the molecule is CC1CC(CO)OC1c1cc(-c2cn[nH]n2)c2c(N)ncnn12. The zero-order valence-electron chi connectivity index (χ0n) is 12.5. The molecule has 3 aromatic rings. The predicted octanol–water partition coefficient (Wildman–Crippen LogP) is 0.555. The van der Waals surface area contributed by atoms with Crippen LogP contribution in [0.2, 0.25) is 0 Å². The zero-order valence-corrected chi connectivity index (χ0v) is 12.5. The molecule has 3 atom stereocenters. The molecule has 0 amide bonds. The van der Waals surface area contributed by atoms with E-state index >= 15 is 0 Å². The van der Waals surface area contributed by atoms with Crippen molar-refractivity contribution in [2.24, 2.45) is 5.92 Å². The van der Waals surface area contributed by atoms with E-state index in [1.165, 1.54) is 6.33 Å². The number of ether oxygens (including phenoxy) is 1. The fourth-order valence-corrected chi connectivity index (χ4v) is 3.24. The summed E-state index contributed by atoms with van der Waals surface area (Å²) < 4.78 is 7.71. The number of fused-ring (bicyclic) bond motifs is 1. The van der Waals surface area contributed by atoms with Gasteiger partial charge in [-0.1, -0.05) is 6.92 Å². The first-order valence-electron chi connectivity index (χ1n) is 7.43. The Morgan fingerprint density at radius 1 is 1.52 bits per heavy atom. The fourth-order valence-electron chi connectivity index (χ4n) is 3.24. The van der Waals surface area contributed by atoms with E-state index < -0.39 is 0 Å². The van der Waals surface area contributed by atoms with Gasteiger partial charge in [-0.15, -0.1) is 0 Å². The molecular weight excluding hydrogens is 298 g/mol. The summed E-state index contributed by atoms with van der Waals surface area (Å²) in [6.45, 7) is 2.11. The van der Waals surface area contributed by atoms with Crippen LogP contribution in [0.15, 0.2) is 18.6 Å². The minimum Gasteiger partial charge on any atom is -0.394 e. The predicted molar refractivity (Wildman–Crippen MR) is 81.3 cm³/mol. The summed E-state index contributed by atoms with van der Waals surface area (Å²) in [5.41, 5.74) is 9.07. The van der Waals surface area contributed by atoms with Crippen molar-refractivity contribution >= 4 is 11.3 Å². The van der Waals surface area contributed by atoms with E-state index in [0.717, 1.165) is 17.7 Å². The molecule has 9 heteroatoms. The number of anilines is 1. The normalized spacial score (nSPS) is 24.5. The standard InChI is InChI=1S/C14H17N7O2/c1-7-2-8(5-22)23-13(7)11-3-9(10-4-17-20-19-10)12-14(15)16-6-18-21(11)12/h3-4,6-8,13,22H,2,5H2,1H3,(H2,15,16,18)(H,17,19,20). The molecule has 23 heavy (non-hydrogen) atoms. The average molecular weight is 315 g/mol.